The summed E-state index contributed by atoms with van der Waals surface area (Å²) in [5, 5.41) is 9.70. The summed E-state index contributed by atoms with van der Waals surface area (Å²) in [5.41, 5.74) is 3.25. The van der Waals surface area contributed by atoms with Gasteiger partial charge < -0.3 is 9.30 Å². The van der Waals surface area contributed by atoms with E-state index in [4.69, 9.17) is 4.74 Å². The highest BCUT2D eigenvalue weighted by Gasteiger charge is 2.40. The molecule has 0 spiro atoms. The predicted molar refractivity (Wildman–Crippen MR) is 126 cm³/mol. The van der Waals surface area contributed by atoms with Crippen molar-refractivity contribution in [3.8, 4) is 17.3 Å². The zero-order valence-corrected chi connectivity index (χ0v) is 19.0. The van der Waals surface area contributed by atoms with Crippen LogP contribution in [0, 0.1) is 11.3 Å². The predicted octanol–water partition coefficient (Wildman–Crippen LogP) is 3.43. The van der Waals surface area contributed by atoms with E-state index in [1.165, 1.54) is 11.6 Å². The molecule has 5 rings (SSSR count). The molecular formula is C26H24N4O3. The van der Waals surface area contributed by atoms with Gasteiger partial charge in [0.1, 0.15) is 6.10 Å². The van der Waals surface area contributed by atoms with E-state index in [2.05, 4.69) is 24.5 Å². The molecule has 7 heteroatoms. The fourth-order valence-corrected chi connectivity index (χ4v) is 4.85. The molecule has 0 saturated carbocycles. The third-order valence-electron chi connectivity index (χ3n) is 6.46. The molecule has 0 aliphatic carbocycles. The molecule has 0 fully saturated rings. The van der Waals surface area contributed by atoms with Gasteiger partial charge in [0.2, 0.25) is 0 Å². The summed E-state index contributed by atoms with van der Waals surface area (Å²) in [7, 11) is 3.20. The number of hydrogen-bond donors (Lipinski definition) is 0. The summed E-state index contributed by atoms with van der Waals surface area (Å²) in [6, 6.07) is 19.2. The molecule has 166 valence electrons. The number of aromatic nitrogens is 3. The summed E-state index contributed by atoms with van der Waals surface area (Å²) in [4.78, 5) is 26.5. The summed E-state index contributed by atoms with van der Waals surface area (Å²) >= 11 is 0. The first-order valence-electron chi connectivity index (χ1n) is 10.8. The zero-order chi connectivity index (χ0) is 23.5. The van der Waals surface area contributed by atoms with E-state index in [-0.39, 0.29) is 11.2 Å². The van der Waals surface area contributed by atoms with Crippen LogP contribution in [0.4, 0.5) is 0 Å². The van der Waals surface area contributed by atoms with Gasteiger partial charge in [-0.05, 0) is 37.1 Å². The Bertz CT molecular complexity index is 1550. The lowest BCUT2D eigenvalue weighted by Gasteiger charge is -2.39. The van der Waals surface area contributed by atoms with Crippen LogP contribution in [0.25, 0.3) is 22.2 Å². The lowest BCUT2D eigenvalue weighted by Crippen LogP contribution is -2.40. The molecule has 1 aliphatic rings. The molecule has 0 bridgehead atoms. The maximum absolute atomic E-state index is 13.5. The van der Waals surface area contributed by atoms with Crippen LogP contribution in [0.5, 0.6) is 0 Å². The first-order chi connectivity index (χ1) is 15.8. The number of fused-ring (bicyclic) bond motifs is 3. The molecule has 1 unspecified atom stereocenters. The lowest BCUT2D eigenvalue weighted by molar-refractivity contribution is -0.00707. The largest absolute Gasteiger partial charge is 0.365 e. The van der Waals surface area contributed by atoms with Crippen molar-refractivity contribution in [2.24, 2.45) is 14.1 Å². The van der Waals surface area contributed by atoms with Crippen molar-refractivity contribution < 1.29 is 4.74 Å². The highest BCUT2D eigenvalue weighted by molar-refractivity contribution is 5.96. The maximum atomic E-state index is 13.5. The van der Waals surface area contributed by atoms with Crippen LogP contribution >= 0.6 is 0 Å². The average molecular weight is 441 g/mol. The van der Waals surface area contributed by atoms with Gasteiger partial charge >= 0.3 is 5.69 Å². The standard InChI is InChI=1S/C26H24N4O3/c1-26(2)15-33-23(18-12-10-16(14-27)11-13-18)22-21-19(24(31)29(4)25(32)28(21)3)20(30(22)26)17-8-6-5-7-9-17/h5-13,23H,15H2,1-4H3. The Labute approximate surface area is 190 Å². The van der Waals surface area contributed by atoms with Crippen molar-refractivity contribution in [2.75, 3.05) is 6.61 Å². The van der Waals surface area contributed by atoms with Crippen molar-refractivity contribution in [2.45, 2.75) is 25.5 Å². The lowest BCUT2D eigenvalue weighted by atomic mass is 9.97. The Hall–Kier alpha value is -3.89. The minimum absolute atomic E-state index is 0.330. The Balaban J connectivity index is 1.98. The van der Waals surface area contributed by atoms with Crippen molar-refractivity contribution in [3.05, 3.63) is 92.3 Å². The molecule has 2 aromatic carbocycles. The summed E-state index contributed by atoms with van der Waals surface area (Å²) in [6.45, 7) is 4.55. The van der Waals surface area contributed by atoms with Gasteiger partial charge in [0, 0.05) is 14.1 Å². The molecule has 33 heavy (non-hydrogen) atoms. The van der Waals surface area contributed by atoms with Crippen molar-refractivity contribution >= 4 is 10.9 Å². The molecule has 4 aromatic rings. The smallest absolute Gasteiger partial charge is 0.331 e. The Morgan fingerprint density at radius 2 is 1.67 bits per heavy atom. The van der Waals surface area contributed by atoms with E-state index in [1.807, 2.05) is 42.5 Å². The van der Waals surface area contributed by atoms with Gasteiger partial charge in [-0.3, -0.25) is 13.9 Å². The second-order valence-electron chi connectivity index (χ2n) is 9.10. The van der Waals surface area contributed by atoms with E-state index in [9.17, 15) is 14.9 Å². The number of ether oxygens (including phenoxy) is 1. The fraction of sp³-hybridized carbons (Fsp3) is 0.269. The van der Waals surface area contributed by atoms with Crippen LogP contribution in [0.2, 0.25) is 0 Å². The molecular weight excluding hydrogens is 416 g/mol. The van der Waals surface area contributed by atoms with Gasteiger partial charge in [0.05, 0.1) is 46.1 Å². The Morgan fingerprint density at radius 1 is 1.00 bits per heavy atom. The van der Waals surface area contributed by atoms with Crippen LogP contribution in [-0.2, 0) is 24.4 Å². The van der Waals surface area contributed by atoms with Gasteiger partial charge in [0.15, 0.2) is 0 Å². The van der Waals surface area contributed by atoms with E-state index in [1.54, 1.807) is 19.2 Å². The van der Waals surface area contributed by atoms with Gasteiger partial charge in [-0.2, -0.15) is 5.26 Å². The molecule has 1 atom stereocenters. The summed E-state index contributed by atoms with van der Waals surface area (Å²) < 4.78 is 11.2. The van der Waals surface area contributed by atoms with E-state index < -0.39 is 11.6 Å². The zero-order valence-electron chi connectivity index (χ0n) is 19.0. The number of hydrogen-bond acceptors (Lipinski definition) is 4. The van der Waals surface area contributed by atoms with Gasteiger partial charge in [-0.15, -0.1) is 0 Å². The number of aryl methyl sites for hydroxylation is 1. The van der Waals surface area contributed by atoms with Gasteiger partial charge in [-0.25, -0.2) is 4.79 Å². The number of nitrogens with zero attached hydrogens (tertiary/aromatic N) is 4. The van der Waals surface area contributed by atoms with Crippen molar-refractivity contribution in [1.82, 2.24) is 13.7 Å². The number of benzene rings is 2. The van der Waals surface area contributed by atoms with Crippen LogP contribution in [0.3, 0.4) is 0 Å². The van der Waals surface area contributed by atoms with Crippen LogP contribution in [-0.4, -0.2) is 20.3 Å². The SMILES string of the molecule is Cn1c(=O)c2c(-c3ccccc3)n3c(c2n(C)c1=O)C(c1ccc(C#N)cc1)OCC3(C)C. The van der Waals surface area contributed by atoms with Gasteiger partial charge in [-0.1, -0.05) is 42.5 Å². The molecule has 7 nitrogen and oxygen atoms in total. The van der Waals surface area contributed by atoms with E-state index in [0.717, 1.165) is 27.1 Å². The molecule has 0 radical (unpaired) electrons. The minimum Gasteiger partial charge on any atom is -0.365 e. The second-order valence-corrected chi connectivity index (χ2v) is 9.10. The maximum Gasteiger partial charge on any atom is 0.331 e. The summed E-state index contributed by atoms with van der Waals surface area (Å²) in [6.07, 6.45) is -0.497. The first-order valence-corrected chi connectivity index (χ1v) is 10.8. The quantitative estimate of drug-likeness (QED) is 0.478. The topological polar surface area (TPSA) is 82.0 Å². The highest BCUT2D eigenvalue weighted by atomic mass is 16.5. The monoisotopic (exact) mass is 440 g/mol. The second kappa shape index (κ2) is 7.32. The van der Waals surface area contributed by atoms with Crippen molar-refractivity contribution in [3.63, 3.8) is 0 Å². The third-order valence-corrected chi connectivity index (χ3v) is 6.46. The van der Waals surface area contributed by atoms with E-state index in [0.29, 0.717) is 23.1 Å². The van der Waals surface area contributed by atoms with Crippen molar-refractivity contribution in [1.29, 1.82) is 5.26 Å². The highest BCUT2D eigenvalue weighted by Crippen LogP contribution is 2.45. The molecule has 1 aliphatic heterocycles. The Morgan fingerprint density at radius 3 is 2.30 bits per heavy atom. The molecule has 0 N–H and O–H groups in total. The number of nitriles is 1. The Kier molecular flexibility index (Phi) is 4.66. The number of rotatable bonds is 2. The summed E-state index contributed by atoms with van der Waals surface area (Å²) in [5.74, 6) is 0. The normalized spacial score (nSPS) is 17.0. The third kappa shape index (κ3) is 2.99. The van der Waals surface area contributed by atoms with Gasteiger partial charge in [0.25, 0.3) is 5.56 Å². The molecule has 0 amide bonds. The van der Waals surface area contributed by atoms with Crippen LogP contribution in [0.1, 0.15) is 36.8 Å². The first kappa shape index (κ1) is 21.0. The fourth-order valence-electron chi connectivity index (χ4n) is 4.85. The molecule has 3 heterocycles. The van der Waals surface area contributed by atoms with Crippen LogP contribution in [0.15, 0.2) is 64.2 Å². The molecule has 0 saturated heterocycles. The van der Waals surface area contributed by atoms with Crippen LogP contribution < -0.4 is 11.2 Å². The molecule has 2 aromatic heterocycles. The minimum atomic E-state index is -0.497. The average Bonchev–Trinajstić information content (AvgIpc) is 3.20. The van der Waals surface area contributed by atoms with E-state index >= 15 is 0 Å².